The number of hydrogen-bond acceptors (Lipinski definition) is 4. The van der Waals surface area contributed by atoms with Crippen LogP contribution in [0.15, 0.2) is 35.0 Å². The van der Waals surface area contributed by atoms with Crippen LogP contribution in [-0.2, 0) is 6.54 Å². The summed E-state index contributed by atoms with van der Waals surface area (Å²) in [5.74, 6) is 0.824. The van der Waals surface area contributed by atoms with Crippen molar-refractivity contribution in [1.29, 1.82) is 0 Å². The van der Waals surface area contributed by atoms with Crippen LogP contribution in [0.1, 0.15) is 27.4 Å². The molecule has 2 aromatic rings. The van der Waals surface area contributed by atoms with Crippen LogP contribution in [-0.4, -0.2) is 34.0 Å². The van der Waals surface area contributed by atoms with Gasteiger partial charge in [-0.15, -0.1) is 0 Å². The molecule has 0 atom stereocenters. The monoisotopic (exact) mass is 274 g/mol. The molecule has 0 fully saturated rings. The van der Waals surface area contributed by atoms with E-state index < -0.39 is 0 Å². The maximum absolute atomic E-state index is 12.5. The number of rotatable bonds is 5. The summed E-state index contributed by atoms with van der Waals surface area (Å²) in [5.41, 5.74) is 1.72. The van der Waals surface area contributed by atoms with Gasteiger partial charge in [-0.2, -0.15) is 0 Å². The molecule has 5 nitrogen and oxygen atoms in total. The third kappa shape index (κ3) is 3.24. The highest BCUT2D eigenvalue weighted by atomic mass is 16.4. The molecule has 2 heterocycles. The number of aliphatic hydroxyl groups is 1. The first-order valence-electron chi connectivity index (χ1n) is 6.48. The molecule has 0 saturated carbocycles. The number of nitrogens with zero attached hydrogens (tertiary/aromatic N) is 2. The summed E-state index contributed by atoms with van der Waals surface area (Å²) in [6, 6.07) is 5.54. The van der Waals surface area contributed by atoms with Crippen molar-refractivity contribution in [2.75, 3.05) is 13.2 Å². The average Bonchev–Trinajstić information content (AvgIpc) is 2.77. The van der Waals surface area contributed by atoms with Crippen molar-refractivity contribution in [2.24, 2.45) is 0 Å². The Hall–Kier alpha value is -2.14. The van der Waals surface area contributed by atoms with Crippen LogP contribution in [0.4, 0.5) is 0 Å². The number of hydrogen-bond donors (Lipinski definition) is 1. The van der Waals surface area contributed by atoms with Crippen LogP contribution in [0.25, 0.3) is 0 Å². The van der Waals surface area contributed by atoms with Crippen LogP contribution in [0.5, 0.6) is 0 Å². The van der Waals surface area contributed by atoms with E-state index in [1.807, 2.05) is 25.1 Å². The lowest BCUT2D eigenvalue weighted by Gasteiger charge is -2.20. The van der Waals surface area contributed by atoms with Crippen LogP contribution >= 0.6 is 0 Å². The van der Waals surface area contributed by atoms with E-state index in [0.29, 0.717) is 18.1 Å². The molecular weight excluding hydrogens is 256 g/mol. The van der Waals surface area contributed by atoms with Crippen molar-refractivity contribution in [1.82, 2.24) is 9.88 Å². The predicted molar refractivity (Wildman–Crippen MR) is 74.2 cm³/mol. The molecule has 1 amide bonds. The van der Waals surface area contributed by atoms with Gasteiger partial charge in [-0.25, -0.2) is 0 Å². The van der Waals surface area contributed by atoms with E-state index >= 15 is 0 Å². The Morgan fingerprint density at radius 1 is 1.45 bits per heavy atom. The minimum Gasteiger partial charge on any atom is -0.456 e. The van der Waals surface area contributed by atoms with E-state index in [4.69, 9.17) is 9.52 Å². The van der Waals surface area contributed by atoms with E-state index in [1.54, 1.807) is 24.2 Å². The molecule has 0 radical (unpaired) electrons. The maximum atomic E-state index is 12.5. The summed E-state index contributed by atoms with van der Waals surface area (Å²) in [6.45, 7) is 4.20. The zero-order valence-electron chi connectivity index (χ0n) is 11.7. The van der Waals surface area contributed by atoms with Crippen LogP contribution in [0, 0.1) is 13.8 Å². The molecular formula is C15H18N2O3. The van der Waals surface area contributed by atoms with Crippen LogP contribution in [0.3, 0.4) is 0 Å². The van der Waals surface area contributed by atoms with E-state index in [2.05, 4.69) is 4.98 Å². The van der Waals surface area contributed by atoms with E-state index in [9.17, 15) is 4.79 Å². The second kappa shape index (κ2) is 6.34. The summed E-state index contributed by atoms with van der Waals surface area (Å²) in [5, 5.41) is 9.14. The molecule has 0 spiro atoms. The first kappa shape index (κ1) is 14.3. The Morgan fingerprint density at radius 3 is 2.80 bits per heavy atom. The molecule has 0 unspecified atom stereocenters. The SMILES string of the molecule is Cc1cc(C)c(C(=O)N(CCO)Cc2cccnc2)o1. The summed E-state index contributed by atoms with van der Waals surface area (Å²) < 4.78 is 5.45. The molecule has 1 N–H and O–H groups in total. The zero-order valence-corrected chi connectivity index (χ0v) is 11.7. The van der Waals surface area contributed by atoms with Gasteiger partial charge in [-0.1, -0.05) is 6.07 Å². The summed E-state index contributed by atoms with van der Waals surface area (Å²) in [7, 11) is 0. The fraction of sp³-hybridized carbons (Fsp3) is 0.333. The molecule has 0 saturated heterocycles. The van der Waals surface area contributed by atoms with Crippen molar-refractivity contribution in [3.63, 3.8) is 0 Å². The van der Waals surface area contributed by atoms with Crippen molar-refractivity contribution >= 4 is 5.91 Å². The third-order valence-electron chi connectivity index (χ3n) is 2.99. The van der Waals surface area contributed by atoms with Crippen LogP contribution < -0.4 is 0 Å². The highest BCUT2D eigenvalue weighted by Gasteiger charge is 2.21. The van der Waals surface area contributed by atoms with Gasteiger partial charge >= 0.3 is 0 Å². The normalized spacial score (nSPS) is 10.6. The van der Waals surface area contributed by atoms with Gasteiger partial charge in [0.15, 0.2) is 5.76 Å². The van der Waals surface area contributed by atoms with Crippen molar-refractivity contribution in [3.05, 3.63) is 53.2 Å². The molecule has 20 heavy (non-hydrogen) atoms. The van der Waals surface area contributed by atoms with Gasteiger partial charge in [-0.05, 0) is 31.5 Å². The van der Waals surface area contributed by atoms with Gasteiger partial charge in [0.1, 0.15) is 5.76 Å². The molecule has 0 bridgehead atoms. The van der Waals surface area contributed by atoms with Gasteiger partial charge in [0.25, 0.3) is 5.91 Å². The maximum Gasteiger partial charge on any atom is 0.290 e. The largest absolute Gasteiger partial charge is 0.456 e. The predicted octanol–water partition coefficient (Wildman–Crippen LogP) is 1.93. The summed E-state index contributed by atoms with van der Waals surface area (Å²) in [6.07, 6.45) is 3.39. The molecule has 0 aliphatic rings. The molecule has 2 rings (SSSR count). The van der Waals surface area contributed by atoms with Gasteiger partial charge in [0.2, 0.25) is 0 Å². The minimum atomic E-state index is -0.214. The van der Waals surface area contributed by atoms with Crippen molar-refractivity contribution in [2.45, 2.75) is 20.4 Å². The van der Waals surface area contributed by atoms with Gasteiger partial charge in [0.05, 0.1) is 6.61 Å². The number of pyridine rings is 1. The minimum absolute atomic E-state index is 0.0925. The Kier molecular flexibility index (Phi) is 4.53. The molecule has 0 aromatic carbocycles. The number of aliphatic hydroxyl groups excluding tert-OH is 1. The Bertz CT molecular complexity index is 578. The number of aromatic nitrogens is 1. The lowest BCUT2D eigenvalue weighted by Crippen LogP contribution is -2.33. The number of furan rings is 1. The highest BCUT2D eigenvalue weighted by molar-refractivity contribution is 5.93. The Balaban J connectivity index is 2.20. The lowest BCUT2D eigenvalue weighted by molar-refractivity contribution is 0.0673. The number of carbonyl (C=O) groups excluding carboxylic acids is 1. The first-order chi connectivity index (χ1) is 9.61. The number of aryl methyl sites for hydroxylation is 2. The van der Waals surface area contributed by atoms with Gasteiger partial charge < -0.3 is 14.4 Å². The topological polar surface area (TPSA) is 66.6 Å². The highest BCUT2D eigenvalue weighted by Crippen LogP contribution is 2.17. The zero-order chi connectivity index (χ0) is 14.5. The summed E-state index contributed by atoms with van der Waals surface area (Å²) >= 11 is 0. The molecule has 0 aliphatic heterocycles. The second-order valence-corrected chi connectivity index (χ2v) is 4.68. The Labute approximate surface area is 117 Å². The molecule has 0 aliphatic carbocycles. The van der Waals surface area contributed by atoms with Gasteiger partial charge in [-0.3, -0.25) is 9.78 Å². The fourth-order valence-corrected chi connectivity index (χ4v) is 2.08. The lowest BCUT2D eigenvalue weighted by atomic mass is 10.2. The quantitative estimate of drug-likeness (QED) is 0.904. The molecule has 2 aromatic heterocycles. The fourth-order valence-electron chi connectivity index (χ4n) is 2.08. The Morgan fingerprint density at radius 2 is 2.25 bits per heavy atom. The van der Waals surface area contributed by atoms with Gasteiger partial charge in [0, 0.05) is 31.0 Å². The van der Waals surface area contributed by atoms with E-state index in [0.717, 1.165) is 11.1 Å². The smallest absolute Gasteiger partial charge is 0.290 e. The van der Waals surface area contributed by atoms with Crippen molar-refractivity contribution < 1.29 is 14.3 Å². The van der Waals surface area contributed by atoms with E-state index in [1.165, 1.54) is 0 Å². The molecule has 5 heteroatoms. The number of carbonyl (C=O) groups is 1. The molecule has 106 valence electrons. The first-order valence-corrected chi connectivity index (χ1v) is 6.48. The average molecular weight is 274 g/mol. The second-order valence-electron chi connectivity index (χ2n) is 4.68. The standard InChI is InChI=1S/C15H18N2O3/c1-11-8-12(2)20-14(11)15(19)17(6-7-18)10-13-4-3-5-16-9-13/h3-5,8-9,18H,6-7,10H2,1-2H3. The number of amides is 1. The van der Waals surface area contributed by atoms with E-state index in [-0.39, 0.29) is 19.1 Å². The summed E-state index contributed by atoms with van der Waals surface area (Å²) in [4.78, 5) is 18.1. The van der Waals surface area contributed by atoms with Crippen LogP contribution in [0.2, 0.25) is 0 Å². The van der Waals surface area contributed by atoms with Crippen molar-refractivity contribution in [3.8, 4) is 0 Å². The third-order valence-corrected chi connectivity index (χ3v) is 2.99.